The zero-order valence-electron chi connectivity index (χ0n) is 18.9. The van der Waals surface area contributed by atoms with Crippen molar-refractivity contribution >= 4 is 21.8 Å². The van der Waals surface area contributed by atoms with E-state index in [1.807, 2.05) is 12.1 Å². The molecular weight excluding hydrogens is 430 g/mol. The minimum absolute atomic E-state index is 0.117. The van der Waals surface area contributed by atoms with Crippen molar-refractivity contribution < 1.29 is 22.7 Å². The summed E-state index contributed by atoms with van der Waals surface area (Å²) in [6.07, 6.45) is 0.452. The van der Waals surface area contributed by atoms with Crippen molar-refractivity contribution in [1.29, 1.82) is 0 Å². The molecule has 0 aliphatic carbocycles. The maximum Gasteiger partial charge on any atom is 0.242 e. The van der Waals surface area contributed by atoms with Gasteiger partial charge in [-0.1, -0.05) is 30.3 Å². The maximum absolute atomic E-state index is 13.0. The molecule has 9 heteroatoms. The van der Waals surface area contributed by atoms with Crippen molar-refractivity contribution in [3.05, 3.63) is 60.2 Å². The van der Waals surface area contributed by atoms with Gasteiger partial charge in [0.25, 0.3) is 0 Å². The van der Waals surface area contributed by atoms with Crippen LogP contribution in [-0.4, -0.2) is 63.2 Å². The van der Waals surface area contributed by atoms with Crippen LogP contribution in [0.5, 0.6) is 5.75 Å². The van der Waals surface area contributed by atoms with E-state index in [1.165, 1.54) is 23.3 Å². The molecule has 32 heavy (non-hydrogen) atoms. The number of carbonyl (C=O) groups is 2. The van der Waals surface area contributed by atoms with Gasteiger partial charge >= 0.3 is 0 Å². The summed E-state index contributed by atoms with van der Waals surface area (Å²) < 4.78 is 31.7. The Bertz CT molecular complexity index is 994. The van der Waals surface area contributed by atoms with Crippen LogP contribution in [0.1, 0.15) is 25.3 Å². The van der Waals surface area contributed by atoms with E-state index in [1.54, 1.807) is 56.5 Å². The van der Waals surface area contributed by atoms with Crippen molar-refractivity contribution in [1.82, 2.24) is 14.5 Å². The first kappa shape index (κ1) is 25.4. The second kappa shape index (κ2) is 11.6. The summed E-state index contributed by atoms with van der Waals surface area (Å²) in [6.45, 7) is 2.12. The summed E-state index contributed by atoms with van der Waals surface area (Å²) in [5, 5.41) is 2.58. The highest BCUT2D eigenvalue weighted by atomic mass is 32.2. The number of hydrogen-bond donors (Lipinski definition) is 1. The average molecular weight is 462 g/mol. The number of benzene rings is 2. The molecule has 0 saturated heterocycles. The highest BCUT2D eigenvalue weighted by molar-refractivity contribution is 7.89. The summed E-state index contributed by atoms with van der Waals surface area (Å²) >= 11 is 0. The van der Waals surface area contributed by atoms with Crippen molar-refractivity contribution in [3.63, 3.8) is 0 Å². The second-order valence-corrected chi connectivity index (χ2v) is 9.45. The minimum Gasteiger partial charge on any atom is -0.497 e. The number of amides is 2. The molecule has 8 nitrogen and oxygen atoms in total. The SMILES string of the molecule is CNC(=O)[C@@H](C)N(Cc1ccc(OC)cc1)C(=O)CCCN(C)S(=O)(=O)c1ccccc1. The van der Waals surface area contributed by atoms with Gasteiger partial charge in [-0.05, 0) is 43.2 Å². The van der Waals surface area contributed by atoms with E-state index in [2.05, 4.69) is 5.32 Å². The topological polar surface area (TPSA) is 96.0 Å². The Morgan fingerprint density at radius 3 is 2.25 bits per heavy atom. The summed E-state index contributed by atoms with van der Waals surface area (Å²) in [5.41, 5.74) is 0.860. The third-order valence-electron chi connectivity index (χ3n) is 5.24. The zero-order chi connectivity index (χ0) is 23.7. The highest BCUT2D eigenvalue weighted by Gasteiger charge is 2.26. The number of carbonyl (C=O) groups excluding carboxylic acids is 2. The molecule has 1 atom stereocenters. The zero-order valence-corrected chi connectivity index (χ0v) is 19.8. The number of rotatable bonds is 11. The number of nitrogens with zero attached hydrogens (tertiary/aromatic N) is 2. The van der Waals surface area contributed by atoms with Crippen LogP contribution in [0, 0.1) is 0 Å². The number of likely N-dealkylation sites (N-methyl/N-ethyl adjacent to an activating group) is 1. The summed E-state index contributed by atoms with van der Waals surface area (Å²) in [6, 6.07) is 14.8. The fourth-order valence-corrected chi connectivity index (χ4v) is 4.44. The first-order valence-electron chi connectivity index (χ1n) is 10.4. The molecule has 0 radical (unpaired) electrons. The van der Waals surface area contributed by atoms with Crippen molar-refractivity contribution in [2.45, 2.75) is 37.2 Å². The minimum atomic E-state index is -3.61. The van der Waals surface area contributed by atoms with Gasteiger partial charge in [-0.15, -0.1) is 0 Å². The van der Waals surface area contributed by atoms with Crippen LogP contribution in [0.4, 0.5) is 0 Å². The van der Waals surface area contributed by atoms with Crippen LogP contribution in [-0.2, 0) is 26.2 Å². The third-order valence-corrected chi connectivity index (χ3v) is 7.11. The maximum atomic E-state index is 13.0. The molecular formula is C23H31N3O5S. The Morgan fingerprint density at radius 2 is 1.69 bits per heavy atom. The number of sulfonamides is 1. The van der Waals surface area contributed by atoms with Crippen LogP contribution in [0.2, 0.25) is 0 Å². The van der Waals surface area contributed by atoms with Gasteiger partial charge in [0.2, 0.25) is 21.8 Å². The fourth-order valence-electron chi connectivity index (χ4n) is 3.21. The molecule has 1 N–H and O–H groups in total. The lowest BCUT2D eigenvalue weighted by Crippen LogP contribution is -2.46. The fraction of sp³-hybridized carbons (Fsp3) is 0.391. The van der Waals surface area contributed by atoms with Crippen molar-refractivity contribution in [3.8, 4) is 5.75 Å². The molecule has 0 fully saturated rings. The van der Waals surface area contributed by atoms with E-state index in [0.717, 1.165) is 5.56 Å². The van der Waals surface area contributed by atoms with Crippen LogP contribution in [0.25, 0.3) is 0 Å². The Kier molecular flexibility index (Phi) is 9.22. The molecule has 0 aromatic heterocycles. The standard InChI is InChI=1S/C23H31N3O5S/c1-18(23(28)24-2)26(17-19-12-14-20(31-4)15-13-19)22(27)11-8-16-25(3)32(29,30)21-9-6-5-7-10-21/h5-7,9-10,12-15,18H,8,11,16-17H2,1-4H3,(H,24,28)/t18-/m1/s1. The number of hydrogen-bond acceptors (Lipinski definition) is 5. The van der Waals surface area contributed by atoms with E-state index in [9.17, 15) is 18.0 Å². The van der Waals surface area contributed by atoms with E-state index >= 15 is 0 Å². The van der Waals surface area contributed by atoms with Crippen LogP contribution in [0.15, 0.2) is 59.5 Å². The first-order valence-corrected chi connectivity index (χ1v) is 11.8. The van der Waals surface area contributed by atoms with Gasteiger partial charge < -0.3 is 15.0 Å². The predicted octanol–water partition coefficient (Wildman–Crippen LogP) is 2.26. The number of ether oxygens (including phenoxy) is 1. The summed E-state index contributed by atoms with van der Waals surface area (Å²) in [5.74, 6) is 0.215. The van der Waals surface area contributed by atoms with Gasteiger partial charge in [0.05, 0.1) is 12.0 Å². The molecule has 0 heterocycles. The number of nitrogens with one attached hydrogen (secondary N) is 1. The molecule has 2 aromatic carbocycles. The van der Waals surface area contributed by atoms with E-state index in [4.69, 9.17) is 4.74 Å². The van der Waals surface area contributed by atoms with Crippen molar-refractivity contribution in [2.24, 2.45) is 0 Å². The molecule has 174 valence electrons. The molecule has 2 rings (SSSR count). The van der Waals surface area contributed by atoms with Crippen molar-refractivity contribution in [2.75, 3.05) is 27.7 Å². The molecule has 0 aliphatic heterocycles. The van der Waals surface area contributed by atoms with Crippen LogP contribution < -0.4 is 10.1 Å². The lowest BCUT2D eigenvalue weighted by atomic mass is 10.1. The van der Waals surface area contributed by atoms with Gasteiger partial charge in [0, 0.05) is 33.6 Å². The lowest BCUT2D eigenvalue weighted by molar-refractivity contribution is -0.140. The van der Waals surface area contributed by atoms with Crippen LogP contribution >= 0.6 is 0 Å². The largest absolute Gasteiger partial charge is 0.497 e. The predicted molar refractivity (Wildman–Crippen MR) is 123 cm³/mol. The molecule has 2 amide bonds. The van der Waals surface area contributed by atoms with Gasteiger partial charge in [0.15, 0.2) is 0 Å². The van der Waals surface area contributed by atoms with E-state index in [0.29, 0.717) is 12.2 Å². The smallest absolute Gasteiger partial charge is 0.242 e. The van der Waals surface area contributed by atoms with Gasteiger partial charge in [0.1, 0.15) is 11.8 Å². The first-order chi connectivity index (χ1) is 15.2. The lowest BCUT2D eigenvalue weighted by Gasteiger charge is -2.28. The Hall–Kier alpha value is -2.91. The highest BCUT2D eigenvalue weighted by Crippen LogP contribution is 2.17. The molecule has 0 aliphatic rings. The number of methoxy groups -OCH3 is 1. The summed E-state index contributed by atoms with van der Waals surface area (Å²) in [4.78, 5) is 26.9. The van der Waals surface area contributed by atoms with Gasteiger partial charge in [-0.3, -0.25) is 9.59 Å². The van der Waals surface area contributed by atoms with Crippen LogP contribution in [0.3, 0.4) is 0 Å². The monoisotopic (exact) mass is 461 g/mol. The molecule has 0 spiro atoms. The second-order valence-electron chi connectivity index (χ2n) is 7.40. The van der Waals surface area contributed by atoms with Gasteiger partial charge in [-0.2, -0.15) is 0 Å². The quantitative estimate of drug-likeness (QED) is 0.554. The van der Waals surface area contributed by atoms with E-state index < -0.39 is 16.1 Å². The normalized spacial score (nSPS) is 12.3. The average Bonchev–Trinajstić information content (AvgIpc) is 2.82. The Labute approximate surface area is 190 Å². The Morgan fingerprint density at radius 1 is 1.06 bits per heavy atom. The van der Waals surface area contributed by atoms with Gasteiger partial charge in [-0.25, -0.2) is 12.7 Å². The summed E-state index contributed by atoms with van der Waals surface area (Å²) in [7, 11) is 0.984. The molecule has 0 saturated carbocycles. The van der Waals surface area contributed by atoms with E-state index in [-0.39, 0.29) is 36.2 Å². The third kappa shape index (κ3) is 6.54. The molecule has 2 aromatic rings. The Balaban J connectivity index is 2.04. The molecule has 0 bridgehead atoms. The molecule has 0 unspecified atom stereocenters.